The van der Waals surface area contributed by atoms with Crippen LogP contribution in [0.3, 0.4) is 0 Å². The van der Waals surface area contributed by atoms with Gasteiger partial charge in [0.05, 0.1) is 5.03 Å². The monoisotopic (exact) mass is 324 g/mol. The average molecular weight is 325 g/mol. The molecule has 4 N–H and O–H groups in total. The predicted octanol–water partition coefficient (Wildman–Crippen LogP) is 0.428. The second kappa shape index (κ2) is 6.94. The summed E-state index contributed by atoms with van der Waals surface area (Å²) >= 11 is 11.0. The lowest BCUT2D eigenvalue weighted by molar-refractivity contribution is -0.192. The first kappa shape index (κ1) is 18.0. The first-order valence-electron chi connectivity index (χ1n) is 4.58. The molecule has 0 aliphatic carbocycles. The van der Waals surface area contributed by atoms with Crippen LogP contribution in [0.4, 0.5) is 13.2 Å². The second-order valence-electron chi connectivity index (χ2n) is 3.13. The van der Waals surface area contributed by atoms with Crippen molar-refractivity contribution in [3.63, 3.8) is 0 Å². The van der Waals surface area contributed by atoms with Gasteiger partial charge < -0.3 is 20.8 Å². The van der Waals surface area contributed by atoms with Gasteiger partial charge in [-0.25, -0.2) is 4.79 Å². The van der Waals surface area contributed by atoms with Crippen LogP contribution in [0.2, 0.25) is 0 Å². The molecule has 0 bridgehead atoms. The number of rotatable bonds is 2. The highest BCUT2D eigenvalue weighted by molar-refractivity contribution is 6.49. The van der Waals surface area contributed by atoms with Crippen LogP contribution < -0.4 is 5.73 Å². The molecule has 0 spiro atoms. The molecule has 1 amide bonds. The van der Waals surface area contributed by atoms with Crippen LogP contribution in [-0.4, -0.2) is 52.5 Å². The number of nitrogens with zero attached hydrogens (tertiary/aromatic N) is 1. The molecule has 19 heavy (non-hydrogen) atoms. The number of carbonyl (C=O) groups excluding carboxylic acids is 1. The van der Waals surface area contributed by atoms with Crippen molar-refractivity contribution in [3.05, 3.63) is 10.1 Å². The Bertz CT molecular complexity index is 400. The fraction of sp³-hybridized carbons (Fsp3) is 0.500. The quantitative estimate of drug-likeness (QED) is 0.683. The van der Waals surface area contributed by atoms with Gasteiger partial charge in [-0.2, -0.15) is 13.2 Å². The predicted molar refractivity (Wildman–Crippen MR) is 59.2 cm³/mol. The van der Waals surface area contributed by atoms with E-state index in [0.29, 0.717) is 0 Å². The number of alkyl halides is 3. The molecule has 6 nitrogen and oxygen atoms in total. The molecule has 0 fully saturated rings. The lowest BCUT2D eigenvalue weighted by Crippen LogP contribution is -2.38. The van der Waals surface area contributed by atoms with E-state index in [1.165, 1.54) is 0 Å². The van der Waals surface area contributed by atoms with E-state index in [0.717, 1.165) is 4.90 Å². The smallest absolute Gasteiger partial charge is 0.475 e. The summed E-state index contributed by atoms with van der Waals surface area (Å²) in [7, 11) is 0. The molecule has 110 valence electrons. The minimum absolute atomic E-state index is 0.0323. The zero-order valence-corrected chi connectivity index (χ0v) is 10.6. The Balaban J connectivity index is 0.000000399. The molecule has 1 atom stereocenters. The van der Waals surface area contributed by atoms with Gasteiger partial charge in [0.1, 0.15) is 5.03 Å². The number of carboxylic acids is 1. The highest BCUT2D eigenvalue weighted by Crippen LogP contribution is 2.29. The lowest BCUT2D eigenvalue weighted by atomic mass is 10.5. The molecule has 1 rings (SSSR count). The summed E-state index contributed by atoms with van der Waals surface area (Å²) in [5.41, 5.74) is 5.21. The number of aliphatic carboxylic acids is 1. The Hall–Kier alpha value is -1.03. The van der Waals surface area contributed by atoms with Gasteiger partial charge in [-0.05, 0) is 0 Å². The topological polar surface area (TPSA) is 104 Å². The van der Waals surface area contributed by atoms with Gasteiger partial charge in [0.2, 0.25) is 0 Å². The standard InChI is InChI=1S/C6H8Cl2N2O2.C2HF3O2/c7-3-4(8)6(12)10(2-1-9)5(3)11;3-2(4,5)1(6)7/h5,11H,1-2,9H2;(H,6,7). The summed E-state index contributed by atoms with van der Waals surface area (Å²) in [6.45, 7) is 0.504. The van der Waals surface area contributed by atoms with Crippen LogP contribution in [0.15, 0.2) is 10.1 Å². The van der Waals surface area contributed by atoms with E-state index in [4.69, 9.17) is 38.8 Å². The fourth-order valence-electron chi connectivity index (χ4n) is 0.952. The number of hydrogen-bond acceptors (Lipinski definition) is 4. The van der Waals surface area contributed by atoms with E-state index < -0.39 is 24.3 Å². The second-order valence-corrected chi connectivity index (χ2v) is 3.91. The molecule has 0 radical (unpaired) electrons. The molecule has 0 aromatic carbocycles. The summed E-state index contributed by atoms with van der Waals surface area (Å²) in [4.78, 5) is 21.2. The van der Waals surface area contributed by atoms with E-state index in [2.05, 4.69) is 0 Å². The Kier molecular flexibility index (Phi) is 6.57. The minimum Gasteiger partial charge on any atom is -0.475 e. The Morgan fingerprint density at radius 3 is 2.05 bits per heavy atom. The van der Waals surface area contributed by atoms with E-state index in [1.807, 2.05) is 0 Å². The van der Waals surface area contributed by atoms with E-state index in [9.17, 15) is 23.1 Å². The summed E-state index contributed by atoms with van der Waals surface area (Å²) in [5.74, 6) is -3.23. The van der Waals surface area contributed by atoms with Gasteiger partial charge in [-0.1, -0.05) is 23.2 Å². The number of nitrogens with two attached hydrogens (primary N) is 1. The van der Waals surface area contributed by atoms with Gasteiger partial charge in [0, 0.05) is 13.1 Å². The van der Waals surface area contributed by atoms with Crippen LogP contribution in [0.5, 0.6) is 0 Å². The Labute approximate surface area is 115 Å². The molecule has 11 heteroatoms. The SMILES string of the molecule is NCCN1C(=O)C(Cl)=C(Cl)C1O.O=C(O)C(F)(F)F. The van der Waals surface area contributed by atoms with E-state index in [1.54, 1.807) is 0 Å². The van der Waals surface area contributed by atoms with Crippen LogP contribution in [0.25, 0.3) is 0 Å². The molecule has 1 unspecified atom stereocenters. The van der Waals surface area contributed by atoms with Gasteiger partial charge in [-0.15, -0.1) is 0 Å². The number of carboxylic acid groups (broad SMARTS) is 1. The molecule has 0 saturated carbocycles. The molecule has 1 aliphatic heterocycles. The molecular formula is C8H9Cl2F3N2O4. The summed E-state index contributed by atoms with van der Waals surface area (Å²) < 4.78 is 31.7. The lowest BCUT2D eigenvalue weighted by Gasteiger charge is -2.19. The molecule has 1 aliphatic rings. The van der Waals surface area contributed by atoms with Crippen molar-refractivity contribution in [2.75, 3.05) is 13.1 Å². The highest BCUT2D eigenvalue weighted by Gasteiger charge is 2.38. The van der Waals surface area contributed by atoms with Crippen molar-refractivity contribution >= 4 is 35.1 Å². The van der Waals surface area contributed by atoms with Crippen molar-refractivity contribution in [2.45, 2.75) is 12.4 Å². The normalized spacial score (nSPS) is 19.4. The molecule has 0 saturated heterocycles. The first-order chi connectivity index (χ1) is 8.53. The van der Waals surface area contributed by atoms with Crippen LogP contribution in [0, 0.1) is 0 Å². The fourth-order valence-corrected chi connectivity index (χ4v) is 1.36. The van der Waals surface area contributed by atoms with Crippen molar-refractivity contribution in [1.29, 1.82) is 0 Å². The largest absolute Gasteiger partial charge is 0.490 e. The van der Waals surface area contributed by atoms with Crippen molar-refractivity contribution in [2.24, 2.45) is 5.73 Å². The maximum atomic E-state index is 11.2. The molecule has 0 aromatic rings. The third kappa shape index (κ3) is 4.86. The van der Waals surface area contributed by atoms with Crippen molar-refractivity contribution in [3.8, 4) is 0 Å². The maximum Gasteiger partial charge on any atom is 0.490 e. The number of aliphatic hydroxyl groups is 1. The summed E-state index contributed by atoms with van der Waals surface area (Å²) in [5, 5.41) is 16.3. The Morgan fingerprint density at radius 1 is 1.42 bits per heavy atom. The van der Waals surface area contributed by atoms with Crippen LogP contribution in [0.1, 0.15) is 0 Å². The van der Waals surface area contributed by atoms with Gasteiger partial charge in [0.15, 0.2) is 6.23 Å². The number of aliphatic hydroxyl groups excluding tert-OH is 1. The maximum absolute atomic E-state index is 11.2. The highest BCUT2D eigenvalue weighted by atomic mass is 35.5. The van der Waals surface area contributed by atoms with Crippen LogP contribution in [-0.2, 0) is 9.59 Å². The summed E-state index contributed by atoms with van der Waals surface area (Å²) in [6.07, 6.45) is -6.21. The third-order valence-corrected chi connectivity index (χ3v) is 2.64. The molecule has 1 heterocycles. The summed E-state index contributed by atoms with van der Waals surface area (Å²) in [6, 6.07) is 0. The van der Waals surface area contributed by atoms with Gasteiger partial charge in [-0.3, -0.25) is 4.79 Å². The zero-order valence-electron chi connectivity index (χ0n) is 9.12. The van der Waals surface area contributed by atoms with Crippen molar-refractivity contribution in [1.82, 2.24) is 4.90 Å². The van der Waals surface area contributed by atoms with Crippen molar-refractivity contribution < 1.29 is 33.0 Å². The number of amides is 1. The van der Waals surface area contributed by atoms with Crippen LogP contribution >= 0.6 is 23.2 Å². The number of hydrogen-bond donors (Lipinski definition) is 3. The third-order valence-electron chi connectivity index (χ3n) is 1.79. The zero-order chi connectivity index (χ0) is 15.4. The minimum atomic E-state index is -5.08. The molecular weight excluding hydrogens is 316 g/mol. The van der Waals surface area contributed by atoms with E-state index in [-0.39, 0.29) is 23.2 Å². The first-order valence-corrected chi connectivity index (χ1v) is 5.34. The van der Waals surface area contributed by atoms with E-state index >= 15 is 0 Å². The van der Waals surface area contributed by atoms with Gasteiger partial charge >= 0.3 is 12.1 Å². The van der Waals surface area contributed by atoms with Gasteiger partial charge in [0.25, 0.3) is 5.91 Å². The Morgan fingerprint density at radius 2 is 1.84 bits per heavy atom. The average Bonchev–Trinajstić information content (AvgIpc) is 2.47. The number of halogens is 5. The molecule has 0 aromatic heterocycles. The number of carbonyl (C=O) groups is 2.